The van der Waals surface area contributed by atoms with E-state index in [9.17, 15) is 13.9 Å². The van der Waals surface area contributed by atoms with E-state index in [2.05, 4.69) is 0 Å². The molecule has 0 saturated carbocycles. The van der Waals surface area contributed by atoms with Gasteiger partial charge in [-0.3, -0.25) is 0 Å². The third-order valence-electron chi connectivity index (χ3n) is 3.02. The molecule has 4 heteroatoms. The zero-order chi connectivity index (χ0) is 14.0. The number of aliphatic hydroxyl groups is 1. The van der Waals surface area contributed by atoms with Crippen molar-refractivity contribution in [1.29, 1.82) is 0 Å². The molecule has 0 saturated heterocycles. The van der Waals surface area contributed by atoms with Gasteiger partial charge in [0.15, 0.2) is 0 Å². The smallest absolute Gasteiger partial charge is 0.131 e. The lowest BCUT2D eigenvalue weighted by Gasteiger charge is -2.24. The van der Waals surface area contributed by atoms with Gasteiger partial charge in [0.1, 0.15) is 11.6 Å². The number of halogens is 2. The Morgan fingerprint density at radius 1 is 1.05 bits per heavy atom. The van der Waals surface area contributed by atoms with Crippen LogP contribution in [0.2, 0.25) is 0 Å². The third kappa shape index (κ3) is 2.74. The summed E-state index contributed by atoms with van der Waals surface area (Å²) in [5.41, 5.74) is 1.50. The molecule has 0 aliphatic rings. The number of benzene rings is 2. The fraction of sp³-hybridized carbons (Fsp3) is 0.200. The summed E-state index contributed by atoms with van der Waals surface area (Å²) in [6, 6.07) is 10.5. The van der Waals surface area contributed by atoms with E-state index < -0.39 is 11.9 Å². The summed E-state index contributed by atoms with van der Waals surface area (Å²) in [5.74, 6) is -0.784. The molecule has 0 radical (unpaired) electrons. The Morgan fingerprint density at radius 2 is 1.68 bits per heavy atom. The van der Waals surface area contributed by atoms with Crippen LogP contribution in [-0.4, -0.2) is 12.2 Å². The van der Waals surface area contributed by atoms with E-state index in [0.717, 1.165) is 0 Å². The molecule has 0 aliphatic carbocycles. The first-order chi connectivity index (χ1) is 9.00. The topological polar surface area (TPSA) is 23.5 Å². The van der Waals surface area contributed by atoms with Gasteiger partial charge in [0.2, 0.25) is 0 Å². The molecule has 0 amide bonds. The minimum absolute atomic E-state index is 0.231. The normalized spacial score (nSPS) is 12.3. The summed E-state index contributed by atoms with van der Waals surface area (Å²) in [6.07, 6.45) is -0.918. The quantitative estimate of drug-likeness (QED) is 0.910. The Hall–Kier alpha value is -1.94. The maximum Gasteiger partial charge on any atom is 0.131 e. The van der Waals surface area contributed by atoms with E-state index in [-0.39, 0.29) is 11.4 Å². The largest absolute Gasteiger partial charge is 0.389 e. The molecule has 1 atom stereocenters. The van der Waals surface area contributed by atoms with Crippen LogP contribution in [0.5, 0.6) is 0 Å². The van der Waals surface area contributed by atoms with Gasteiger partial charge < -0.3 is 10.0 Å². The van der Waals surface area contributed by atoms with Crippen LogP contribution >= 0.6 is 0 Å². The Kier molecular flexibility index (Phi) is 3.81. The van der Waals surface area contributed by atoms with Gasteiger partial charge >= 0.3 is 0 Å². The van der Waals surface area contributed by atoms with Gasteiger partial charge in [-0.25, -0.2) is 8.78 Å². The average Bonchev–Trinajstić information content (AvgIpc) is 2.38. The molecule has 2 rings (SSSR count). The molecule has 100 valence electrons. The molecule has 0 aromatic heterocycles. The molecule has 0 fully saturated rings. The molecule has 2 aromatic rings. The molecule has 0 heterocycles. The SMILES string of the molecule is C[C@H](O)c1c(F)cccc1N(C)c1ccc(F)cc1. The molecular weight excluding hydrogens is 248 g/mol. The van der Waals surface area contributed by atoms with Gasteiger partial charge in [-0.05, 0) is 43.3 Å². The van der Waals surface area contributed by atoms with Crippen LogP contribution in [0.15, 0.2) is 42.5 Å². The number of rotatable bonds is 3. The van der Waals surface area contributed by atoms with Crippen molar-refractivity contribution in [2.45, 2.75) is 13.0 Å². The van der Waals surface area contributed by atoms with Gasteiger partial charge in [-0.2, -0.15) is 0 Å². The molecule has 2 nitrogen and oxygen atoms in total. The molecule has 0 spiro atoms. The molecule has 0 bridgehead atoms. The van der Waals surface area contributed by atoms with E-state index in [4.69, 9.17) is 0 Å². The van der Waals surface area contributed by atoms with Crippen LogP contribution in [0.1, 0.15) is 18.6 Å². The standard InChI is InChI=1S/C15H15F2NO/c1-10(19)15-13(17)4-3-5-14(15)18(2)12-8-6-11(16)7-9-12/h3-10,19H,1-2H3/t10-/m0/s1. The van der Waals surface area contributed by atoms with E-state index in [1.807, 2.05) is 0 Å². The zero-order valence-electron chi connectivity index (χ0n) is 10.8. The lowest BCUT2D eigenvalue weighted by atomic mass is 10.1. The first-order valence-corrected chi connectivity index (χ1v) is 5.96. The monoisotopic (exact) mass is 263 g/mol. The lowest BCUT2D eigenvalue weighted by molar-refractivity contribution is 0.194. The molecule has 1 N–H and O–H groups in total. The number of aliphatic hydroxyl groups excluding tert-OH is 1. The second-order valence-electron chi connectivity index (χ2n) is 4.38. The highest BCUT2D eigenvalue weighted by molar-refractivity contribution is 5.66. The van der Waals surface area contributed by atoms with Gasteiger partial charge in [0.05, 0.1) is 6.10 Å². The van der Waals surface area contributed by atoms with Crippen molar-refractivity contribution in [3.05, 3.63) is 59.7 Å². The first kappa shape index (κ1) is 13.5. The van der Waals surface area contributed by atoms with Crippen molar-refractivity contribution in [3.63, 3.8) is 0 Å². The molecular formula is C15H15F2NO. The Morgan fingerprint density at radius 3 is 2.26 bits per heavy atom. The second kappa shape index (κ2) is 5.36. The van der Waals surface area contributed by atoms with Crippen molar-refractivity contribution < 1.29 is 13.9 Å². The van der Waals surface area contributed by atoms with Crippen LogP contribution < -0.4 is 4.90 Å². The predicted molar refractivity (Wildman–Crippen MR) is 71.5 cm³/mol. The number of hydrogen-bond donors (Lipinski definition) is 1. The minimum Gasteiger partial charge on any atom is -0.389 e. The summed E-state index contributed by atoms with van der Waals surface area (Å²) < 4.78 is 26.7. The van der Waals surface area contributed by atoms with Crippen LogP contribution in [-0.2, 0) is 0 Å². The summed E-state index contributed by atoms with van der Waals surface area (Å²) in [4.78, 5) is 1.71. The first-order valence-electron chi connectivity index (χ1n) is 5.96. The maximum absolute atomic E-state index is 13.8. The van der Waals surface area contributed by atoms with Gasteiger partial charge in [0.25, 0.3) is 0 Å². The van der Waals surface area contributed by atoms with E-state index in [1.165, 1.54) is 25.1 Å². The van der Waals surface area contributed by atoms with E-state index in [1.54, 1.807) is 36.2 Å². The van der Waals surface area contributed by atoms with Crippen LogP contribution in [0.25, 0.3) is 0 Å². The fourth-order valence-electron chi connectivity index (χ4n) is 2.04. The predicted octanol–water partition coefficient (Wildman–Crippen LogP) is 3.79. The zero-order valence-corrected chi connectivity index (χ0v) is 10.8. The highest BCUT2D eigenvalue weighted by Crippen LogP contribution is 2.32. The van der Waals surface area contributed by atoms with E-state index in [0.29, 0.717) is 11.4 Å². The van der Waals surface area contributed by atoms with Crippen molar-refractivity contribution in [2.75, 3.05) is 11.9 Å². The average molecular weight is 263 g/mol. The van der Waals surface area contributed by atoms with Crippen molar-refractivity contribution in [2.24, 2.45) is 0 Å². The molecule has 0 unspecified atom stereocenters. The van der Waals surface area contributed by atoms with Crippen LogP contribution in [0.3, 0.4) is 0 Å². The maximum atomic E-state index is 13.8. The summed E-state index contributed by atoms with van der Waals surface area (Å²) >= 11 is 0. The number of hydrogen-bond acceptors (Lipinski definition) is 2. The third-order valence-corrected chi connectivity index (χ3v) is 3.02. The number of anilines is 2. The summed E-state index contributed by atoms with van der Waals surface area (Å²) in [7, 11) is 1.74. The molecule has 2 aromatic carbocycles. The minimum atomic E-state index is -0.918. The van der Waals surface area contributed by atoms with E-state index >= 15 is 0 Å². The lowest BCUT2D eigenvalue weighted by Crippen LogP contribution is -2.14. The highest BCUT2D eigenvalue weighted by Gasteiger charge is 2.17. The molecule has 19 heavy (non-hydrogen) atoms. The molecule has 0 aliphatic heterocycles. The fourth-order valence-corrected chi connectivity index (χ4v) is 2.04. The summed E-state index contributed by atoms with van der Waals surface area (Å²) in [6.45, 7) is 1.51. The Labute approximate surface area is 110 Å². The van der Waals surface area contributed by atoms with Crippen molar-refractivity contribution >= 4 is 11.4 Å². The number of nitrogens with zero attached hydrogens (tertiary/aromatic N) is 1. The van der Waals surface area contributed by atoms with Crippen molar-refractivity contribution in [1.82, 2.24) is 0 Å². The highest BCUT2D eigenvalue weighted by atomic mass is 19.1. The van der Waals surface area contributed by atoms with Crippen LogP contribution in [0, 0.1) is 11.6 Å². The van der Waals surface area contributed by atoms with Gasteiger partial charge in [-0.15, -0.1) is 0 Å². The Bertz CT molecular complexity index is 567. The van der Waals surface area contributed by atoms with Crippen LogP contribution in [0.4, 0.5) is 20.2 Å². The van der Waals surface area contributed by atoms with Gasteiger partial charge in [-0.1, -0.05) is 6.07 Å². The Balaban J connectivity index is 2.46. The van der Waals surface area contributed by atoms with Gasteiger partial charge in [0, 0.05) is 24.0 Å². The van der Waals surface area contributed by atoms with Crippen molar-refractivity contribution in [3.8, 4) is 0 Å². The second-order valence-corrected chi connectivity index (χ2v) is 4.38. The summed E-state index contributed by atoms with van der Waals surface area (Å²) in [5, 5.41) is 9.70.